The number of carbonyl (C=O) groups excluding carboxylic acids is 1. The van der Waals surface area contributed by atoms with Crippen LogP contribution < -0.4 is 10.1 Å². The van der Waals surface area contributed by atoms with E-state index in [1.807, 2.05) is 92.0 Å². The second kappa shape index (κ2) is 10.6. The summed E-state index contributed by atoms with van der Waals surface area (Å²) in [6.07, 6.45) is 1.86. The van der Waals surface area contributed by atoms with Crippen molar-refractivity contribution >= 4 is 34.3 Å². The average molecular weight is 505 g/mol. The standard InChI is InChI=1S/C30H24N4O2S/c1-19-3-5-20(6-4-19)25-16-28(21-8-11-24(36-2)12-9-21)34-30(26(25)17-31)37-18-29(35)33-23-10-7-22-13-14-32-27(22)15-23/h3-16,32H,18H2,1-2H3,(H,33,35). The van der Waals surface area contributed by atoms with Gasteiger partial charge in [0.25, 0.3) is 0 Å². The van der Waals surface area contributed by atoms with Crippen LogP contribution in [-0.2, 0) is 4.79 Å². The van der Waals surface area contributed by atoms with Crippen LogP contribution in [0.1, 0.15) is 11.1 Å². The van der Waals surface area contributed by atoms with Crippen LogP contribution in [0.2, 0.25) is 0 Å². The molecule has 0 atom stereocenters. The van der Waals surface area contributed by atoms with Gasteiger partial charge < -0.3 is 15.0 Å². The predicted molar refractivity (Wildman–Crippen MR) is 149 cm³/mol. The van der Waals surface area contributed by atoms with E-state index in [9.17, 15) is 10.1 Å². The normalized spacial score (nSPS) is 10.7. The predicted octanol–water partition coefficient (Wildman–Crippen LogP) is 6.82. The summed E-state index contributed by atoms with van der Waals surface area (Å²) in [6, 6.07) is 27.6. The zero-order chi connectivity index (χ0) is 25.8. The Morgan fingerprint density at radius 2 is 1.78 bits per heavy atom. The van der Waals surface area contributed by atoms with Crippen LogP contribution in [0.25, 0.3) is 33.3 Å². The van der Waals surface area contributed by atoms with Gasteiger partial charge in [-0.2, -0.15) is 5.26 Å². The highest BCUT2D eigenvalue weighted by molar-refractivity contribution is 8.00. The molecule has 2 heterocycles. The van der Waals surface area contributed by atoms with Gasteiger partial charge in [0.05, 0.1) is 24.1 Å². The molecule has 0 radical (unpaired) electrons. The van der Waals surface area contributed by atoms with Gasteiger partial charge in [0.2, 0.25) is 5.91 Å². The second-order valence-electron chi connectivity index (χ2n) is 8.56. The van der Waals surface area contributed by atoms with Crippen molar-refractivity contribution < 1.29 is 9.53 Å². The molecule has 6 nitrogen and oxygen atoms in total. The minimum atomic E-state index is -0.173. The Morgan fingerprint density at radius 1 is 1.03 bits per heavy atom. The quantitative estimate of drug-likeness (QED) is 0.237. The zero-order valence-corrected chi connectivity index (χ0v) is 21.2. The number of nitrogens with one attached hydrogen (secondary N) is 2. The number of hydrogen-bond acceptors (Lipinski definition) is 5. The van der Waals surface area contributed by atoms with Crippen molar-refractivity contribution in [1.82, 2.24) is 9.97 Å². The van der Waals surface area contributed by atoms with Crippen molar-refractivity contribution in [3.63, 3.8) is 0 Å². The first-order chi connectivity index (χ1) is 18.0. The van der Waals surface area contributed by atoms with Gasteiger partial charge in [0, 0.05) is 28.5 Å². The maximum atomic E-state index is 12.8. The molecular formula is C30H24N4O2S. The minimum absolute atomic E-state index is 0.115. The Kier molecular flexibility index (Phi) is 6.93. The lowest BCUT2D eigenvalue weighted by Crippen LogP contribution is -2.14. The summed E-state index contributed by atoms with van der Waals surface area (Å²) >= 11 is 1.25. The van der Waals surface area contributed by atoms with Gasteiger partial charge in [-0.3, -0.25) is 4.79 Å². The number of amides is 1. The fourth-order valence-electron chi connectivity index (χ4n) is 4.06. The number of aryl methyl sites for hydroxylation is 1. The summed E-state index contributed by atoms with van der Waals surface area (Å²) in [6.45, 7) is 2.03. The number of hydrogen-bond donors (Lipinski definition) is 2. The number of carbonyl (C=O) groups is 1. The third kappa shape index (κ3) is 5.35. The fourth-order valence-corrected chi connectivity index (χ4v) is 4.86. The van der Waals surface area contributed by atoms with Crippen molar-refractivity contribution in [3.8, 4) is 34.2 Å². The average Bonchev–Trinajstić information content (AvgIpc) is 3.40. The highest BCUT2D eigenvalue weighted by atomic mass is 32.2. The fraction of sp³-hybridized carbons (Fsp3) is 0.100. The molecule has 0 aliphatic carbocycles. The first-order valence-corrected chi connectivity index (χ1v) is 12.7. The molecule has 37 heavy (non-hydrogen) atoms. The van der Waals surface area contributed by atoms with E-state index >= 15 is 0 Å². The van der Waals surface area contributed by atoms with Crippen LogP contribution in [-0.4, -0.2) is 28.7 Å². The monoisotopic (exact) mass is 504 g/mol. The van der Waals surface area contributed by atoms with Crippen LogP contribution in [0.15, 0.2) is 90.1 Å². The van der Waals surface area contributed by atoms with Crippen LogP contribution >= 0.6 is 11.8 Å². The van der Waals surface area contributed by atoms with Crippen LogP contribution in [0.3, 0.4) is 0 Å². The number of nitriles is 1. The number of benzene rings is 3. The number of nitrogens with zero attached hydrogens (tertiary/aromatic N) is 2. The van der Waals surface area contributed by atoms with Crippen LogP contribution in [0, 0.1) is 18.3 Å². The zero-order valence-electron chi connectivity index (χ0n) is 20.4. The highest BCUT2D eigenvalue weighted by Gasteiger charge is 2.17. The molecule has 1 amide bonds. The highest BCUT2D eigenvalue weighted by Crippen LogP contribution is 2.35. The van der Waals surface area contributed by atoms with E-state index in [0.29, 0.717) is 16.3 Å². The van der Waals surface area contributed by atoms with Crippen LogP contribution in [0.5, 0.6) is 5.75 Å². The van der Waals surface area contributed by atoms with Gasteiger partial charge in [-0.1, -0.05) is 47.7 Å². The number of aromatic nitrogens is 2. The number of anilines is 1. The van der Waals surface area contributed by atoms with Gasteiger partial charge in [-0.05, 0) is 66.4 Å². The number of rotatable bonds is 7. The number of aromatic amines is 1. The summed E-state index contributed by atoms with van der Waals surface area (Å²) < 4.78 is 5.29. The SMILES string of the molecule is COc1ccc(-c2cc(-c3ccc(C)cc3)c(C#N)c(SCC(=O)Nc3ccc4cc[nH]c4c3)n2)cc1. The summed E-state index contributed by atoms with van der Waals surface area (Å²) in [5.41, 5.74) is 6.56. The maximum absolute atomic E-state index is 12.8. The lowest BCUT2D eigenvalue weighted by molar-refractivity contribution is -0.113. The van der Waals surface area contributed by atoms with E-state index in [4.69, 9.17) is 9.72 Å². The molecule has 7 heteroatoms. The summed E-state index contributed by atoms with van der Waals surface area (Å²) in [5, 5.41) is 14.6. The third-order valence-corrected chi connectivity index (χ3v) is 7.00. The van der Waals surface area contributed by atoms with E-state index < -0.39 is 0 Å². The maximum Gasteiger partial charge on any atom is 0.234 e. The van der Waals surface area contributed by atoms with Crippen molar-refractivity contribution in [2.45, 2.75) is 11.9 Å². The minimum Gasteiger partial charge on any atom is -0.497 e. The largest absolute Gasteiger partial charge is 0.497 e. The molecule has 0 aliphatic rings. The molecule has 0 saturated carbocycles. The smallest absolute Gasteiger partial charge is 0.234 e. The molecule has 0 aliphatic heterocycles. The first-order valence-electron chi connectivity index (χ1n) is 11.7. The summed E-state index contributed by atoms with van der Waals surface area (Å²) in [7, 11) is 1.63. The number of methoxy groups -OCH3 is 1. The van der Waals surface area contributed by atoms with E-state index in [2.05, 4.69) is 16.4 Å². The van der Waals surface area contributed by atoms with Gasteiger partial charge in [-0.25, -0.2) is 4.98 Å². The Balaban J connectivity index is 1.46. The molecule has 5 aromatic rings. The van der Waals surface area contributed by atoms with Crippen molar-refractivity contribution in [2.24, 2.45) is 0 Å². The lowest BCUT2D eigenvalue weighted by atomic mass is 9.98. The molecule has 2 N–H and O–H groups in total. The number of fused-ring (bicyclic) bond motifs is 1. The molecule has 5 rings (SSSR count). The van der Waals surface area contributed by atoms with E-state index in [0.717, 1.165) is 44.6 Å². The number of pyridine rings is 1. The Bertz CT molecular complexity index is 1620. The lowest BCUT2D eigenvalue weighted by Gasteiger charge is -2.13. The van der Waals surface area contributed by atoms with Crippen molar-refractivity contribution in [2.75, 3.05) is 18.2 Å². The molecule has 0 saturated heterocycles. The molecule has 0 fully saturated rings. The van der Waals surface area contributed by atoms with Crippen molar-refractivity contribution in [1.29, 1.82) is 5.26 Å². The summed E-state index contributed by atoms with van der Waals surface area (Å²) in [4.78, 5) is 20.8. The Morgan fingerprint density at radius 3 is 2.51 bits per heavy atom. The third-order valence-electron chi connectivity index (χ3n) is 6.03. The molecule has 0 bridgehead atoms. The molecule has 2 aromatic heterocycles. The van der Waals surface area contributed by atoms with Crippen molar-refractivity contribution in [3.05, 3.63) is 96.2 Å². The van der Waals surface area contributed by atoms with E-state index in [-0.39, 0.29) is 11.7 Å². The Hall–Kier alpha value is -4.54. The van der Waals surface area contributed by atoms with E-state index in [1.54, 1.807) is 7.11 Å². The molecule has 0 unspecified atom stereocenters. The van der Waals surface area contributed by atoms with Gasteiger partial charge >= 0.3 is 0 Å². The van der Waals surface area contributed by atoms with Gasteiger partial charge in [0.1, 0.15) is 16.8 Å². The number of ether oxygens (including phenoxy) is 1. The molecular weight excluding hydrogens is 480 g/mol. The number of H-pyrrole nitrogens is 1. The van der Waals surface area contributed by atoms with Crippen LogP contribution in [0.4, 0.5) is 5.69 Å². The first kappa shape index (κ1) is 24.2. The number of thioether (sulfide) groups is 1. The Labute approximate surface area is 219 Å². The second-order valence-corrected chi connectivity index (χ2v) is 9.52. The molecule has 0 spiro atoms. The summed E-state index contributed by atoms with van der Waals surface area (Å²) in [5.74, 6) is 0.692. The topological polar surface area (TPSA) is 90.8 Å². The van der Waals surface area contributed by atoms with Gasteiger partial charge in [0.15, 0.2) is 0 Å². The molecule has 3 aromatic carbocycles. The van der Waals surface area contributed by atoms with Gasteiger partial charge in [-0.15, -0.1) is 0 Å². The molecule has 182 valence electrons. The van der Waals surface area contributed by atoms with E-state index in [1.165, 1.54) is 11.8 Å².